The van der Waals surface area contributed by atoms with Crippen molar-refractivity contribution in [1.29, 1.82) is 0 Å². The third-order valence-corrected chi connectivity index (χ3v) is 2.43. The van der Waals surface area contributed by atoms with E-state index >= 15 is 0 Å². The fourth-order valence-corrected chi connectivity index (χ4v) is 1.69. The number of aromatic amines is 1. The van der Waals surface area contributed by atoms with Crippen LogP contribution in [0.3, 0.4) is 0 Å². The van der Waals surface area contributed by atoms with Crippen molar-refractivity contribution in [2.45, 2.75) is 6.92 Å². The zero-order valence-corrected chi connectivity index (χ0v) is 9.31. The summed E-state index contributed by atoms with van der Waals surface area (Å²) in [4.78, 5) is 15.8. The number of hydrogen-bond donors (Lipinski definition) is 2. The summed E-state index contributed by atoms with van der Waals surface area (Å²) >= 11 is 0. The largest absolute Gasteiger partial charge is 0.338 e. The second kappa shape index (κ2) is 3.86. The lowest BCUT2D eigenvalue weighted by Crippen LogP contribution is -1.98. The maximum absolute atomic E-state index is 4.36. The Morgan fingerprint density at radius 1 is 1.12 bits per heavy atom. The van der Waals surface area contributed by atoms with E-state index in [4.69, 9.17) is 0 Å². The van der Waals surface area contributed by atoms with Crippen LogP contribution in [0.2, 0.25) is 0 Å². The number of nitrogens with zero attached hydrogens (tertiary/aromatic N) is 3. The quantitative estimate of drug-likeness (QED) is 0.702. The van der Waals surface area contributed by atoms with Crippen molar-refractivity contribution < 1.29 is 0 Å². The summed E-state index contributed by atoms with van der Waals surface area (Å²) in [5, 5.41) is 3.24. The molecular weight excluding hydrogens is 214 g/mol. The van der Waals surface area contributed by atoms with Crippen LogP contribution in [0.15, 0.2) is 36.7 Å². The van der Waals surface area contributed by atoms with Gasteiger partial charge in [0.05, 0.1) is 6.33 Å². The van der Waals surface area contributed by atoms with Gasteiger partial charge in [-0.1, -0.05) is 18.2 Å². The summed E-state index contributed by atoms with van der Waals surface area (Å²) in [6.45, 7) is 1.86. The van der Waals surface area contributed by atoms with Crippen LogP contribution in [0.5, 0.6) is 0 Å². The number of anilines is 2. The van der Waals surface area contributed by atoms with Gasteiger partial charge < -0.3 is 10.3 Å². The van der Waals surface area contributed by atoms with Crippen molar-refractivity contribution in [3.8, 4) is 0 Å². The monoisotopic (exact) mass is 225 g/mol. The summed E-state index contributed by atoms with van der Waals surface area (Å²) in [6.07, 6.45) is 1.62. The Hall–Kier alpha value is -2.43. The van der Waals surface area contributed by atoms with Gasteiger partial charge in [0.1, 0.15) is 5.82 Å². The van der Waals surface area contributed by atoms with E-state index in [1.807, 2.05) is 37.3 Å². The van der Waals surface area contributed by atoms with Crippen LogP contribution >= 0.6 is 0 Å². The van der Waals surface area contributed by atoms with Gasteiger partial charge in [-0.05, 0) is 19.1 Å². The standard InChI is InChI=1S/C12H11N5/c1-8-15-11-10(13-7-14-11)12(16-8)17-9-5-3-2-4-6-9/h2-7H,1H3,(H2,13,14,15,16,17). The molecular formula is C12H11N5. The first-order valence-electron chi connectivity index (χ1n) is 5.33. The van der Waals surface area contributed by atoms with E-state index in [9.17, 15) is 0 Å². The molecule has 2 aromatic heterocycles. The van der Waals surface area contributed by atoms with E-state index in [0.29, 0.717) is 5.82 Å². The Kier molecular flexibility index (Phi) is 2.22. The first kappa shape index (κ1) is 9.77. The van der Waals surface area contributed by atoms with Crippen molar-refractivity contribution in [1.82, 2.24) is 19.9 Å². The van der Waals surface area contributed by atoms with E-state index in [2.05, 4.69) is 25.3 Å². The highest BCUT2D eigenvalue weighted by Gasteiger charge is 2.07. The Labute approximate surface area is 98.0 Å². The summed E-state index contributed by atoms with van der Waals surface area (Å²) < 4.78 is 0. The van der Waals surface area contributed by atoms with E-state index in [-0.39, 0.29) is 0 Å². The lowest BCUT2D eigenvalue weighted by Gasteiger charge is -2.06. The molecule has 0 fully saturated rings. The predicted octanol–water partition coefficient (Wildman–Crippen LogP) is 2.40. The van der Waals surface area contributed by atoms with Crippen LogP contribution in [0.4, 0.5) is 11.5 Å². The molecule has 3 aromatic rings. The Morgan fingerprint density at radius 2 is 1.94 bits per heavy atom. The third-order valence-electron chi connectivity index (χ3n) is 2.43. The van der Waals surface area contributed by atoms with Crippen LogP contribution in [0, 0.1) is 6.92 Å². The molecule has 1 aromatic carbocycles. The fourth-order valence-electron chi connectivity index (χ4n) is 1.69. The van der Waals surface area contributed by atoms with E-state index in [0.717, 1.165) is 22.7 Å². The number of nitrogens with one attached hydrogen (secondary N) is 2. The summed E-state index contributed by atoms with van der Waals surface area (Å²) in [7, 11) is 0. The van der Waals surface area contributed by atoms with Gasteiger partial charge in [0.15, 0.2) is 17.0 Å². The molecule has 0 aliphatic carbocycles. The number of imidazole rings is 1. The highest BCUT2D eigenvalue weighted by atomic mass is 15.1. The molecule has 2 N–H and O–H groups in total. The van der Waals surface area contributed by atoms with E-state index in [1.165, 1.54) is 0 Å². The summed E-state index contributed by atoms with van der Waals surface area (Å²) in [6, 6.07) is 9.88. The van der Waals surface area contributed by atoms with Gasteiger partial charge in [-0.25, -0.2) is 15.0 Å². The number of benzene rings is 1. The zero-order chi connectivity index (χ0) is 11.7. The number of para-hydroxylation sites is 1. The molecule has 0 spiro atoms. The minimum Gasteiger partial charge on any atom is -0.338 e. The molecule has 3 rings (SSSR count). The average Bonchev–Trinajstić information content (AvgIpc) is 2.78. The first-order valence-corrected chi connectivity index (χ1v) is 5.33. The fraction of sp³-hybridized carbons (Fsp3) is 0.0833. The molecule has 0 amide bonds. The smallest absolute Gasteiger partial charge is 0.163 e. The number of rotatable bonds is 2. The van der Waals surface area contributed by atoms with Crippen molar-refractivity contribution in [3.63, 3.8) is 0 Å². The summed E-state index contributed by atoms with van der Waals surface area (Å²) in [5.74, 6) is 1.43. The second-order valence-corrected chi connectivity index (χ2v) is 3.71. The highest BCUT2D eigenvalue weighted by Crippen LogP contribution is 2.20. The van der Waals surface area contributed by atoms with Crippen molar-refractivity contribution in [3.05, 3.63) is 42.5 Å². The highest BCUT2D eigenvalue weighted by molar-refractivity contribution is 5.84. The van der Waals surface area contributed by atoms with Gasteiger partial charge in [0.25, 0.3) is 0 Å². The van der Waals surface area contributed by atoms with Crippen LogP contribution in [-0.2, 0) is 0 Å². The Bertz CT molecular complexity index is 644. The van der Waals surface area contributed by atoms with Crippen molar-refractivity contribution >= 4 is 22.7 Å². The molecule has 0 aliphatic rings. The Balaban J connectivity index is 2.08. The van der Waals surface area contributed by atoms with Crippen LogP contribution in [0.1, 0.15) is 5.82 Å². The molecule has 0 radical (unpaired) electrons. The van der Waals surface area contributed by atoms with Crippen LogP contribution in [-0.4, -0.2) is 19.9 Å². The lowest BCUT2D eigenvalue weighted by molar-refractivity contribution is 1.08. The zero-order valence-electron chi connectivity index (χ0n) is 9.31. The second-order valence-electron chi connectivity index (χ2n) is 3.71. The average molecular weight is 225 g/mol. The normalized spacial score (nSPS) is 10.6. The molecule has 0 bridgehead atoms. The topological polar surface area (TPSA) is 66.5 Å². The maximum atomic E-state index is 4.36. The lowest BCUT2D eigenvalue weighted by atomic mass is 10.3. The van der Waals surface area contributed by atoms with Crippen LogP contribution < -0.4 is 5.32 Å². The number of H-pyrrole nitrogens is 1. The van der Waals surface area contributed by atoms with Crippen LogP contribution in [0.25, 0.3) is 11.2 Å². The molecule has 0 saturated heterocycles. The number of aromatic nitrogens is 4. The number of aryl methyl sites for hydroxylation is 1. The van der Waals surface area contributed by atoms with Gasteiger partial charge in [-0.2, -0.15) is 0 Å². The molecule has 84 valence electrons. The Morgan fingerprint density at radius 3 is 2.76 bits per heavy atom. The molecule has 2 heterocycles. The van der Waals surface area contributed by atoms with E-state index in [1.54, 1.807) is 6.33 Å². The molecule has 5 nitrogen and oxygen atoms in total. The summed E-state index contributed by atoms with van der Waals surface area (Å²) in [5.41, 5.74) is 2.48. The molecule has 0 saturated carbocycles. The molecule has 5 heteroatoms. The van der Waals surface area contributed by atoms with Gasteiger partial charge in [-0.3, -0.25) is 0 Å². The minimum absolute atomic E-state index is 0.709. The predicted molar refractivity (Wildman–Crippen MR) is 66.1 cm³/mol. The van der Waals surface area contributed by atoms with Gasteiger partial charge in [0, 0.05) is 5.69 Å². The number of fused-ring (bicyclic) bond motifs is 1. The molecule has 17 heavy (non-hydrogen) atoms. The molecule has 0 unspecified atom stereocenters. The van der Waals surface area contributed by atoms with Gasteiger partial charge in [-0.15, -0.1) is 0 Å². The third kappa shape index (κ3) is 1.82. The van der Waals surface area contributed by atoms with Crippen molar-refractivity contribution in [2.24, 2.45) is 0 Å². The van der Waals surface area contributed by atoms with E-state index < -0.39 is 0 Å². The van der Waals surface area contributed by atoms with Gasteiger partial charge >= 0.3 is 0 Å². The first-order chi connectivity index (χ1) is 8.33. The minimum atomic E-state index is 0.709. The molecule has 0 aliphatic heterocycles. The maximum Gasteiger partial charge on any atom is 0.163 e. The van der Waals surface area contributed by atoms with Gasteiger partial charge in [0.2, 0.25) is 0 Å². The SMILES string of the molecule is Cc1nc(Nc2ccccc2)c2nc[nH]c2n1. The van der Waals surface area contributed by atoms with Crippen molar-refractivity contribution in [2.75, 3.05) is 5.32 Å². The molecule has 0 atom stereocenters. The number of hydrogen-bond acceptors (Lipinski definition) is 4.